The van der Waals surface area contributed by atoms with Crippen LogP contribution in [-0.4, -0.2) is 35.7 Å². The highest BCUT2D eigenvalue weighted by atomic mass is 16.3. The van der Waals surface area contributed by atoms with Crippen LogP contribution in [0, 0.1) is 0 Å². The number of urea groups is 1. The maximum atomic E-state index is 11.0. The van der Waals surface area contributed by atoms with Crippen molar-refractivity contribution in [3.63, 3.8) is 0 Å². The Balaban J connectivity index is 3.92. The van der Waals surface area contributed by atoms with Crippen molar-refractivity contribution in [2.24, 2.45) is 5.73 Å². The van der Waals surface area contributed by atoms with Gasteiger partial charge in [0.15, 0.2) is 0 Å². The van der Waals surface area contributed by atoms with Crippen LogP contribution in [0.4, 0.5) is 4.79 Å². The molecule has 6 heteroatoms. The molecule has 5 N–H and O–H groups in total. The smallest absolute Gasteiger partial charge is 0.318 e. The molecule has 1 unspecified atom stereocenters. The molecule has 0 rings (SSSR count). The average molecular weight is 203 g/mol. The Kier molecular flexibility index (Phi) is 5.11. The summed E-state index contributed by atoms with van der Waals surface area (Å²) in [5, 5.41) is 13.7. The first-order valence-corrected chi connectivity index (χ1v) is 4.38. The van der Waals surface area contributed by atoms with E-state index in [1.54, 1.807) is 6.92 Å². The fourth-order valence-corrected chi connectivity index (χ4v) is 0.768. The summed E-state index contributed by atoms with van der Waals surface area (Å²) in [6.07, 6.45) is 0.674. The van der Waals surface area contributed by atoms with Crippen LogP contribution in [0.3, 0.4) is 0 Å². The third-order valence-corrected chi connectivity index (χ3v) is 2.07. The van der Waals surface area contributed by atoms with E-state index < -0.39 is 17.5 Å². The minimum Gasteiger partial charge on any atom is -0.394 e. The number of aliphatic hydroxyl groups is 1. The number of rotatable bonds is 5. The van der Waals surface area contributed by atoms with E-state index in [0.29, 0.717) is 6.42 Å². The highest BCUT2D eigenvalue weighted by molar-refractivity contribution is 5.94. The van der Waals surface area contributed by atoms with Gasteiger partial charge in [0.1, 0.15) is 0 Å². The number of nitrogens with two attached hydrogens (primary N) is 1. The average Bonchev–Trinajstić information content (AvgIpc) is 2.13. The minimum atomic E-state index is -0.876. The van der Waals surface area contributed by atoms with Gasteiger partial charge in [0.2, 0.25) is 5.91 Å². The maximum absolute atomic E-state index is 11.0. The maximum Gasteiger partial charge on any atom is 0.318 e. The van der Waals surface area contributed by atoms with E-state index in [1.165, 1.54) is 0 Å². The van der Waals surface area contributed by atoms with Crippen molar-refractivity contribution in [2.45, 2.75) is 25.8 Å². The van der Waals surface area contributed by atoms with Crippen LogP contribution in [-0.2, 0) is 4.79 Å². The molecule has 82 valence electrons. The summed E-state index contributed by atoms with van der Waals surface area (Å²) in [6.45, 7) is 3.54. The first kappa shape index (κ1) is 12.9. The number of hydrogen-bond donors (Lipinski definition) is 4. The number of carbonyl (C=O) groups is 2. The van der Waals surface area contributed by atoms with E-state index in [0.717, 1.165) is 0 Å². The molecule has 0 aliphatic heterocycles. The zero-order valence-corrected chi connectivity index (χ0v) is 8.46. The van der Waals surface area contributed by atoms with Gasteiger partial charge in [-0.1, -0.05) is 6.92 Å². The summed E-state index contributed by atoms with van der Waals surface area (Å²) < 4.78 is 0. The number of imide groups is 1. The van der Waals surface area contributed by atoms with E-state index in [1.807, 2.05) is 12.2 Å². The zero-order valence-electron chi connectivity index (χ0n) is 8.46. The van der Waals surface area contributed by atoms with Crippen LogP contribution in [0.2, 0.25) is 0 Å². The fourth-order valence-electron chi connectivity index (χ4n) is 0.768. The number of amides is 3. The number of nitrogens with one attached hydrogen (secondary N) is 2. The van der Waals surface area contributed by atoms with Crippen LogP contribution >= 0.6 is 0 Å². The number of carbonyl (C=O) groups excluding carboxylic acids is 2. The van der Waals surface area contributed by atoms with E-state index >= 15 is 0 Å². The van der Waals surface area contributed by atoms with Crippen LogP contribution in [0.25, 0.3) is 0 Å². The highest BCUT2D eigenvalue weighted by Crippen LogP contribution is 2.06. The Morgan fingerprint density at radius 2 is 2.07 bits per heavy atom. The van der Waals surface area contributed by atoms with Gasteiger partial charge in [0.05, 0.1) is 13.2 Å². The summed E-state index contributed by atoms with van der Waals surface area (Å²) in [5.74, 6) is -0.509. The molecule has 0 saturated carbocycles. The van der Waals surface area contributed by atoms with Crippen molar-refractivity contribution in [1.29, 1.82) is 0 Å². The topological polar surface area (TPSA) is 104 Å². The Morgan fingerprint density at radius 1 is 1.50 bits per heavy atom. The molecular weight excluding hydrogens is 186 g/mol. The molecule has 0 fully saturated rings. The van der Waals surface area contributed by atoms with Crippen molar-refractivity contribution in [1.82, 2.24) is 10.6 Å². The van der Waals surface area contributed by atoms with Crippen molar-refractivity contribution >= 4 is 11.9 Å². The van der Waals surface area contributed by atoms with Crippen molar-refractivity contribution < 1.29 is 14.7 Å². The van der Waals surface area contributed by atoms with E-state index in [-0.39, 0.29) is 13.2 Å². The van der Waals surface area contributed by atoms with Crippen molar-refractivity contribution in [3.05, 3.63) is 0 Å². The molecule has 0 bridgehead atoms. The minimum absolute atomic E-state index is 0.0478. The molecule has 1 atom stereocenters. The second-order valence-electron chi connectivity index (χ2n) is 3.34. The summed E-state index contributed by atoms with van der Waals surface area (Å²) in [5.41, 5.74) is 4.24. The summed E-state index contributed by atoms with van der Waals surface area (Å²) >= 11 is 0. The van der Waals surface area contributed by atoms with Crippen LogP contribution in [0.5, 0.6) is 0 Å². The standard InChI is InChI=1S/C8H17N3O3/c1-3-8(2,5-12)10-4-6(13)11-7(9)14/h10,12H,3-5H2,1-2H3,(H3,9,11,13,14). The third-order valence-electron chi connectivity index (χ3n) is 2.07. The molecule has 14 heavy (non-hydrogen) atoms. The molecule has 6 nitrogen and oxygen atoms in total. The van der Waals surface area contributed by atoms with Gasteiger partial charge in [-0.15, -0.1) is 0 Å². The van der Waals surface area contributed by atoms with Gasteiger partial charge in [-0.2, -0.15) is 0 Å². The molecule has 0 radical (unpaired) electrons. The number of aliphatic hydroxyl groups excluding tert-OH is 1. The molecular formula is C8H17N3O3. The van der Waals surface area contributed by atoms with Crippen molar-refractivity contribution in [3.8, 4) is 0 Å². The molecule has 0 heterocycles. The second kappa shape index (κ2) is 5.56. The lowest BCUT2D eigenvalue weighted by atomic mass is 10.0. The summed E-state index contributed by atoms with van der Waals surface area (Å²) in [7, 11) is 0. The quantitative estimate of drug-likeness (QED) is 0.456. The van der Waals surface area contributed by atoms with Gasteiger partial charge >= 0.3 is 6.03 Å². The number of primary amides is 1. The monoisotopic (exact) mass is 203 g/mol. The van der Waals surface area contributed by atoms with Crippen molar-refractivity contribution in [2.75, 3.05) is 13.2 Å². The highest BCUT2D eigenvalue weighted by Gasteiger charge is 2.20. The Labute approximate surface area is 82.9 Å². The van der Waals surface area contributed by atoms with Gasteiger partial charge in [0.25, 0.3) is 0 Å². The lowest BCUT2D eigenvalue weighted by molar-refractivity contribution is -0.119. The predicted octanol–water partition coefficient (Wildman–Crippen LogP) is -1.07. The Bertz CT molecular complexity index is 214. The van der Waals surface area contributed by atoms with Gasteiger partial charge in [0, 0.05) is 5.54 Å². The molecule has 0 spiro atoms. The Hall–Kier alpha value is -1.14. The van der Waals surface area contributed by atoms with Gasteiger partial charge in [-0.05, 0) is 13.3 Å². The van der Waals surface area contributed by atoms with E-state index in [4.69, 9.17) is 10.8 Å². The molecule has 0 saturated heterocycles. The third kappa shape index (κ3) is 4.78. The second-order valence-corrected chi connectivity index (χ2v) is 3.34. The molecule has 0 aliphatic rings. The largest absolute Gasteiger partial charge is 0.394 e. The first-order chi connectivity index (χ1) is 6.43. The predicted molar refractivity (Wildman–Crippen MR) is 51.5 cm³/mol. The lowest BCUT2D eigenvalue weighted by Gasteiger charge is -2.26. The van der Waals surface area contributed by atoms with Crippen LogP contribution in [0.1, 0.15) is 20.3 Å². The molecule has 3 amide bonds. The van der Waals surface area contributed by atoms with E-state index in [2.05, 4.69) is 5.32 Å². The van der Waals surface area contributed by atoms with E-state index in [9.17, 15) is 9.59 Å². The number of hydrogen-bond acceptors (Lipinski definition) is 4. The summed E-state index contributed by atoms with van der Waals surface area (Å²) in [6, 6.07) is -0.876. The lowest BCUT2D eigenvalue weighted by Crippen LogP contribution is -2.50. The molecule has 0 aromatic rings. The van der Waals surface area contributed by atoms with Gasteiger partial charge < -0.3 is 16.2 Å². The van der Waals surface area contributed by atoms with Crippen LogP contribution < -0.4 is 16.4 Å². The molecule has 0 aromatic carbocycles. The van der Waals surface area contributed by atoms with Crippen LogP contribution in [0.15, 0.2) is 0 Å². The fraction of sp³-hybridized carbons (Fsp3) is 0.750. The molecule has 0 aliphatic carbocycles. The SMILES string of the molecule is CCC(C)(CO)NCC(=O)NC(N)=O. The zero-order chi connectivity index (χ0) is 11.2. The normalized spacial score (nSPS) is 14.5. The summed E-state index contributed by atoms with van der Waals surface area (Å²) in [4.78, 5) is 21.3. The Morgan fingerprint density at radius 3 is 2.43 bits per heavy atom. The van der Waals surface area contributed by atoms with Gasteiger partial charge in [-0.3, -0.25) is 10.1 Å². The first-order valence-electron chi connectivity index (χ1n) is 4.38. The molecule has 0 aromatic heterocycles. The van der Waals surface area contributed by atoms with Gasteiger partial charge in [-0.25, -0.2) is 4.79 Å².